The average molecular weight is 335 g/mol. The largest absolute Gasteiger partial charge is 0.282 e. The predicted molar refractivity (Wildman–Crippen MR) is 93.5 cm³/mol. The van der Waals surface area contributed by atoms with E-state index in [4.69, 9.17) is 11.6 Å². The molecule has 5 heteroatoms. The van der Waals surface area contributed by atoms with Gasteiger partial charge in [0, 0.05) is 10.4 Å². The third-order valence-corrected chi connectivity index (χ3v) is 4.19. The molecule has 0 atom stereocenters. The van der Waals surface area contributed by atoms with Crippen molar-refractivity contribution in [2.24, 2.45) is 5.10 Å². The molecule has 0 N–H and O–H groups in total. The van der Waals surface area contributed by atoms with Crippen LogP contribution in [-0.4, -0.2) is 23.0 Å². The predicted octanol–water partition coefficient (Wildman–Crippen LogP) is 4.12. The lowest BCUT2D eigenvalue weighted by atomic mass is 9.95. The smallest absolute Gasteiger partial charge is 0.267 e. The van der Waals surface area contributed by atoms with Crippen molar-refractivity contribution in [3.8, 4) is 0 Å². The van der Waals surface area contributed by atoms with E-state index in [9.17, 15) is 9.59 Å². The number of rotatable bonds is 2. The Morgan fingerprint density at radius 1 is 0.833 bits per heavy atom. The number of imide groups is 1. The molecule has 1 aliphatic heterocycles. The van der Waals surface area contributed by atoms with Gasteiger partial charge < -0.3 is 0 Å². The molecule has 0 saturated heterocycles. The molecule has 116 valence electrons. The lowest BCUT2D eigenvalue weighted by Crippen LogP contribution is -2.36. The summed E-state index contributed by atoms with van der Waals surface area (Å²) in [5, 5.41) is 7.17. The third-order valence-electron chi connectivity index (χ3n) is 3.94. The molecule has 1 heterocycles. The molecule has 0 aliphatic carbocycles. The SMILES string of the molecule is O=C1c2cccc3cccc(c23)C(=O)N1/N=C\c1ccc(Cl)cc1. The number of hydrazone groups is 1. The lowest BCUT2D eigenvalue weighted by Gasteiger charge is -2.22. The summed E-state index contributed by atoms with van der Waals surface area (Å²) < 4.78 is 0. The number of nitrogens with zero attached hydrogens (tertiary/aromatic N) is 2. The van der Waals surface area contributed by atoms with E-state index in [1.165, 1.54) is 6.21 Å². The maximum Gasteiger partial charge on any atom is 0.282 e. The molecule has 4 nitrogen and oxygen atoms in total. The first-order valence-corrected chi connectivity index (χ1v) is 7.73. The van der Waals surface area contributed by atoms with Crippen LogP contribution in [0.5, 0.6) is 0 Å². The van der Waals surface area contributed by atoms with Crippen LogP contribution in [-0.2, 0) is 0 Å². The second-order valence-corrected chi connectivity index (χ2v) is 5.86. The first-order valence-electron chi connectivity index (χ1n) is 7.35. The van der Waals surface area contributed by atoms with Crippen molar-refractivity contribution >= 4 is 40.4 Å². The summed E-state index contributed by atoms with van der Waals surface area (Å²) in [7, 11) is 0. The highest BCUT2D eigenvalue weighted by Crippen LogP contribution is 2.30. The summed E-state index contributed by atoms with van der Waals surface area (Å²) in [6, 6.07) is 17.8. The summed E-state index contributed by atoms with van der Waals surface area (Å²) in [4.78, 5) is 25.3. The van der Waals surface area contributed by atoms with Gasteiger partial charge in [0.1, 0.15) is 0 Å². The highest BCUT2D eigenvalue weighted by Gasteiger charge is 2.32. The normalized spacial score (nSPS) is 14.0. The summed E-state index contributed by atoms with van der Waals surface area (Å²) in [6.07, 6.45) is 1.47. The molecule has 1 aliphatic rings. The number of benzene rings is 3. The van der Waals surface area contributed by atoms with Crippen LogP contribution < -0.4 is 0 Å². The van der Waals surface area contributed by atoms with E-state index >= 15 is 0 Å². The van der Waals surface area contributed by atoms with E-state index in [-0.39, 0.29) is 0 Å². The average Bonchev–Trinajstić information content (AvgIpc) is 2.61. The van der Waals surface area contributed by atoms with Crippen molar-refractivity contribution in [2.75, 3.05) is 0 Å². The van der Waals surface area contributed by atoms with Gasteiger partial charge >= 0.3 is 0 Å². The van der Waals surface area contributed by atoms with Crippen molar-refractivity contribution in [3.05, 3.63) is 82.4 Å². The van der Waals surface area contributed by atoms with Crippen LogP contribution in [0.15, 0.2) is 65.8 Å². The van der Waals surface area contributed by atoms with Crippen LogP contribution in [0.3, 0.4) is 0 Å². The molecule has 0 saturated carbocycles. The van der Waals surface area contributed by atoms with Gasteiger partial charge in [-0.3, -0.25) is 9.59 Å². The van der Waals surface area contributed by atoms with Crippen LogP contribution in [0.2, 0.25) is 5.02 Å². The first-order chi connectivity index (χ1) is 11.6. The molecular formula is C19H11ClN2O2. The van der Waals surface area contributed by atoms with Gasteiger partial charge in [-0.1, -0.05) is 48.0 Å². The molecule has 0 bridgehead atoms. The Labute approximate surface area is 143 Å². The van der Waals surface area contributed by atoms with Crippen molar-refractivity contribution in [3.63, 3.8) is 0 Å². The summed E-state index contributed by atoms with van der Waals surface area (Å²) in [5.41, 5.74) is 1.71. The van der Waals surface area contributed by atoms with Gasteiger partial charge in [-0.2, -0.15) is 10.1 Å². The monoisotopic (exact) mass is 334 g/mol. The number of halogens is 1. The molecular weight excluding hydrogens is 324 g/mol. The van der Waals surface area contributed by atoms with E-state index < -0.39 is 11.8 Å². The van der Waals surface area contributed by atoms with E-state index in [0.29, 0.717) is 21.5 Å². The molecule has 0 spiro atoms. The summed E-state index contributed by atoms with van der Waals surface area (Å²) >= 11 is 5.85. The molecule has 24 heavy (non-hydrogen) atoms. The third kappa shape index (κ3) is 2.28. The van der Waals surface area contributed by atoms with Crippen molar-refractivity contribution in [1.29, 1.82) is 0 Å². The summed E-state index contributed by atoms with van der Waals surface area (Å²) in [5.74, 6) is -0.843. The van der Waals surface area contributed by atoms with Crippen LogP contribution in [0.4, 0.5) is 0 Å². The molecule has 3 aromatic rings. The van der Waals surface area contributed by atoms with E-state index in [1.54, 1.807) is 48.5 Å². The number of hydrogen-bond acceptors (Lipinski definition) is 3. The van der Waals surface area contributed by atoms with Crippen molar-refractivity contribution in [2.45, 2.75) is 0 Å². The second-order valence-electron chi connectivity index (χ2n) is 5.43. The Morgan fingerprint density at radius 3 is 2.00 bits per heavy atom. The second kappa shape index (κ2) is 5.58. The minimum atomic E-state index is -0.422. The molecule has 3 aromatic carbocycles. The van der Waals surface area contributed by atoms with Crippen LogP contribution in [0, 0.1) is 0 Å². The maximum absolute atomic E-state index is 12.7. The van der Waals surface area contributed by atoms with Crippen LogP contribution in [0.1, 0.15) is 26.3 Å². The van der Waals surface area contributed by atoms with Crippen LogP contribution >= 0.6 is 11.6 Å². The van der Waals surface area contributed by atoms with E-state index in [2.05, 4.69) is 5.10 Å². The van der Waals surface area contributed by atoms with E-state index in [1.807, 2.05) is 12.1 Å². The lowest BCUT2D eigenvalue weighted by molar-refractivity contribution is 0.0616. The first kappa shape index (κ1) is 14.6. The van der Waals surface area contributed by atoms with Gasteiger partial charge in [-0.15, -0.1) is 0 Å². The number of carbonyl (C=O) groups excluding carboxylic acids is 2. The molecule has 0 unspecified atom stereocenters. The molecule has 2 amide bonds. The van der Waals surface area contributed by atoms with Gasteiger partial charge in [0.25, 0.3) is 11.8 Å². The fourth-order valence-electron chi connectivity index (χ4n) is 2.80. The maximum atomic E-state index is 12.7. The zero-order valence-electron chi connectivity index (χ0n) is 12.4. The Morgan fingerprint density at radius 2 is 1.42 bits per heavy atom. The molecule has 0 aromatic heterocycles. The molecule has 4 rings (SSSR count). The van der Waals surface area contributed by atoms with E-state index in [0.717, 1.165) is 16.0 Å². The zero-order chi connectivity index (χ0) is 16.7. The van der Waals surface area contributed by atoms with Gasteiger partial charge in [0.2, 0.25) is 0 Å². The quantitative estimate of drug-likeness (QED) is 0.523. The zero-order valence-corrected chi connectivity index (χ0v) is 13.2. The fourth-order valence-corrected chi connectivity index (χ4v) is 2.92. The highest BCUT2D eigenvalue weighted by molar-refractivity contribution is 6.30. The van der Waals surface area contributed by atoms with Gasteiger partial charge in [0.15, 0.2) is 0 Å². The van der Waals surface area contributed by atoms with Crippen molar-refractivity contribution < 1.29 is 9.59 Å². The van der Waals surface area contributed by atoms with Crippen LogP contribution in [0.25, 0.3) is 10.8 Å². The van der Waals surface area contributed by atoms with Gasteiger partial charge in [-0.05, 0) is 35.2 Å². The molecule has 0 fully saturated rings. The molecule has 0 radical (unpaired) electrons. The Kier molecular flexibility index (Phi) is 3.40. The minimum Gasteiger partial charge on any atom is -0.267 e. The number of hydrogen-bond donors (Lipinski definition) is 0. The number of carbonyl (C=O) groups is 2. The Bertz CT molecular complexity index is 959. The topological polar surface area (TPSA) is 49.7 Å². The Hall–Kier alpha value is -2.98. The Balaban J connectivity index is 1.78. The van der Waals surface area contributed by atoms with Crippen molar-refractivity contribution in [1.82, 2.24) is 5.01 Å². The fraction of sp³-hybridized carbons (Fsp3) is 0. The number of amides is 2. The minimum absolute atomic E-state index is 0.422. The summed E-state index contributed by atoms with van der Waals surface area (Å²) in [6.45, 7) is 0. The van der Waals surface area contributed by atoms with Gasteiger partial charge in [0.05, 0.1) is 17.3 Å². The highest BCUT2D eigenvalue weighted by atomic mass is 35.5. The standard InChI is InChI=1S/C19H11ClN2O2/c20-14-9-7-12(8-10-14)11-21-22-18(23)15-5-1-3-13-4-2-6-16(17(13)15)19(22)24/h1-11H/b21-11-. The van der Waals surface area contributed by atoms with Gasteiger partial charge in [-0.25, -0.2) is 0 Å².